The molecule has 1 unspecified atom stereocenters. The summed E-state index contributed by atoms with van der Waals surface area (Å²) in [6.07, 6.45) is 3.02. The predicted molar refractivity (Wildman–Crippen MR) is 99.4 cm³/mol. The highest BCUT2D eigenvalue weighted by Gasteiger charge is 2.29. The molecule has 3 heterocycles. The summed E-state index contributed by atoms with van der Waals surface area (Å²) in [7, 11) is 0. The molecule has 2 aromatic heterocycles. The molecule has 0 aliphatic carbocycles. The van der Waals surface area contributed by atoms with Crippen LogP contribution in [0.15, 0.2) is 23.7 Å². The highest BCUT2D eigenvalue weighted by atomic mass is 32.1. The first-order valence-electron chi connectivity index (χ1n) is 8.62. The van der Waals surface area contributed by atoms with Gasteiger partial charge < -0.3 is 15.0 Å². The van der Waals surface area contributed by atoms with Gasteiger partial charge >= 0.3 is 6.09 Å². The maximum Gasteiger partial charge on any atom is 0.410 e. The van der Waals surface area contributed by atoms with E-state index in [0.717, 1.165) is 18.5 Å². The number of anilines is 2. The summed E-state index contributed by atoms with van der Waals surface area (Å²) in [6.45, 7) is 6.89. The van der Waals surface area contributed by atoms with Crippen LogP contribution in [-0.4, -0.2) is 39.7 Å². The Morgan fingerprint density at radius 2 is 2.27 bits per heavy atom. The molecule has 1 N–H and O–H groups in total. The Hall–Kier alpha value is -2.22. The Bertz CT molecular complexity index is 775. The van der Waals surface area contributed by atoms with Gasteiger partial charge in [-0.2, -0.15) is 0 Å². The van der Waals surface area contributed by atoms with E-state index in [-0.39, 0.29) is 17.8 Å². The maximum absolute atomic E-state index is 13.3. The fourth-order valence-electron chi connectivity index (χ4n) is 2.82. The molecule has 1 saturated heterocycles. The summed E-state index contributed by atoms with van der Waals surface area (Å²) >= 11 is 1.44. The van der Waals surface area contributed by atoms with Crippen molar-refractivity contribution < 1.29 is 13.9 Å². The monoisotopic (exact) mass is 378 g/mol. The van der Waals surface area contributed by atoms with Crippen LogP contribution in [0.2, 0.25) is 0 Å². The van der Waals surface area contributed by atoms with Gasteiger partial charge in [-0.1, -0.05) is 0 Å². The number of thiazole rings is 1. The zero-order valence-electron chi connectivity index (χ0n) is 15.2. The molecule has 1 aliphatic heterocycles. The quantitative estimate of drug-likeness (QED) is 0.850. The van der Waals surface area contributed by atoms with Crippen molar-refractivity contribution in [3.8, 4) is 0 Å². The molecule has 6 nitrogen and oxygen atoms in total. The van der Waals surface area contributed by atoms with Crippen molar-refractivity contribution in [3.63, 3.8) is 0 Å². The van der Waals surface area contributed by atoms with Crippen LogP contribution in [0.4, 0.5) is 20.1 Å². The first-order chi connectivity index (χ1) is 12.3. The van der Waals surface area contributed by atoms with Crippen LogP contribution in [0.5, 0.6) is 0 Å². The molecule has 2 aromatic rings. The van der Waals surface area contributed by atoms with Gasteiger partial charge in [-0.25, -0.2) is 19.2 Å². The lowest BCUT2D eigenvalue weighted by atomic mass is 9.96. The van der Waals surface area contributed by atoms with Crippen molar-refractivity contribution in [2.75, 3.05) is 18.4 Å². The SMILES string of the molecule is CC(C)(C)OC(=O)N1CCCC(c2csc(Nc3cc(F)ccn3)n2)C1. The van der Waals surface area contributed by atoms with E-state index in [1.165, 1.54) is 29.7 Å². The smallest absolute Gasteiger partial charge is 0.410 e. The van der Waals surface area contributed by atoms with Gasteiger partial charge in [-0.15, -0.1) is 11.3 Å². The summed E-state index contributed by atoms with van der Waals surface area (Å²) in [5.41, 5.74) is 0.432. The lowest BCUT2D eigenvalue weighted by Gasteiger charge is -2.33. The number of likely N-dealkylation sites (tertiary alicyclic amines) is 1. The van der Waals surface area contributed by atoms with E-state index in [0.29, 0.717) is 24.0 Å². The fourth-order valence-corrected chi connectivity index (χ4v) is 3.62. The number of aromatic nitrogens is 2. The number of ether oxygens (including phenoxy) is 1. The van der Waals surface area contributed by atoms with Gasteiger partial charge in [-0.3, -0.25) is 0 Å². The summed E-state index contributed by atoms with van der Waals surface area (Å²) in [5, 5.41) is 5.66. The van der Waals surface area contributed by atoms with E-state index in [1.807, 2.05) is 26.2 Å². The molecule has 26 heavy (non-hydrogen) atoms. The standard InChI is InChI=1S/C18H23FN4O2S/c1-18(2,3)25-17(24)23-8-4-5-12(10-23)14-11-26-16(21-14)22-15-9-13(19)6-7-20-15/h6-7,9,11-12H,4-5,8,10H2,1-3H3,(H,20,21,22). The lowest BCUT2D eigenvalue weighted by Crippen LogP contribution is -2.42. The van der Waals surface area contributed by atoms with Gasteiger partial charge in [-0.05, 0) is 39.7 Å². The molecule has 8 heteroatoms. The zero-order valence-corrected chi connectivity index (χ0v) is 16.0. The van der Waals surface area contributed by atoms with Crippen LogP contribution in [0.3, 0.4) is 0 Å². The zero-order chi connectivity index (χ0) is 18.7. The van der Waals surface area contributed by atoms with Crippen molar-refractivity contribution in [1.29, 1.82) is 0 Å². The third kappa shape index (κ3) is 4.91. The number of carbonyl (C=O) groups is 1. The molecule has 140 valence electrons. The Morgan fingerprint density at radius 3 is 3.00 bits per heavy atom. The Balaban J connectivity index is 1.64. The molecule has 0 bridgehead atoms. The number of nitrogens with zero attached hydrogens (tertiary/aromatic N) is 3. The van der Waals surface area contributed by atoms with Crippen LogP contribution < -0.4 is 5.32 Å². The van der Waals surface area contributed by atoms with Gasteiger partial charge in [0.1, 0.15) is 17.2 Å². The number of rotatable bonds is 3. The van der Waals surface area contributed by atoms with Gasteiger partial charge in [0, 0.05) is 36.7 Å². The first-order valence-corrected chi connectivity index (χ1v) is 9.50. The van der Waals surface area contributed by atoms with Crippen molar-refractivity contribution in [2.24, 2.45) is 0 Å². The molecule has 1 fully saturated rings. The molecule has 1 atom stereocenters. The molecular weight excluding hydrogens is 355 g/mol. The lowest BCUT2D eigenvalue weighted by molar-refractivity contribution is 0.0197. The number of amides is 1. The molecule has 0 saturated carbocycles. The van der Waals surface area contributed by atoms with Crippen molar-refractivity contribution in [1.82, 2.24) is 14.9 Å². The number of halogens is 1. The van der Waals surface area contributed by atoms with Gasteiger partial charge in [0.25, 0.3) is 0 Å². The molecular formula is C18H23FN4O2S. The van der Waals surface area contributed by atoms with Gasteiger partial charge in [0.05, 0.1) is 5.69 Å². The predicted octanol–water partition coefficient (Wildman–Crippen LogP) is 4.54. The van der Waals surface area contributed by atoms with E-state index in [1.54, 1.807) is 4.90 Å². The number of carbonyl (C=O) groups excluding carboxylic acids is 1. The van der Waals surface area contributed by atoms with Crippen molar-refractivity contribution >= 4 is 28.4 Å². The second-order valence-corrected chi connectivity index (χ2v) is 8.19. The van der Waals surface area contributed by atoms with Crippen molar-refractivity contribution in [3.05, 3.63) is 35.2 Å². The molecule has 3 rings (SSSR count). The summed E-state index contributed by atoms with van der Waals surface area (Å²) < 4.78 is 18.7. The summed E-state index contributed by atoms with van der Waals surface area (Å²) in [4.78, 5) is 22.7. The summed E-state index contributed by atoms with van der Waals surface area (Å²) in [6, 6.07) is 2.62. The van der Waals surface area contributed by atoms with E-state index in [9.17, 15) is 9.18 Å². The van der Waals surface area contributed by atoms with E-state index in [2.05, 4.69) is 15.3 Å². The molecule has 0 radical (unpaired) electrons. The highest BCUT2D eigenvalue weighted by Crippen LogP contribution is 2.31. The first kappa shape index (κ1) is 18.6. The topological polar surface area (TPSA) is 67.3 Å². The second kappa shape index (κ2) is 7.57. The minimum Gasteiger partial charge on any atom is -0.444 e. The number of piperidine rings is 1. The average Bonchev–Trinajstić information content (AvgIpc) is 3.02. The molecule has 1 aliphatic rings. The van der Waals surface area contributed by atoms with Crippen LogP contribution >= 0.6 is 11.3 Å². The molecule has 0 aromatic carbocycles. The fraction of sp³-hybridized carbons (Fsp3) is 0.500. The largest absolute Gasteiger partial charge is 0.444 e. The van der Waals surface area contributed by atoms with E-state index in [4.69, 9.17) is 4.74 Å². The number of hydrogen-bond acceptors (Lipinski definition) is 6. The van der Waals surface area contributed by atoms with Gasteiger partial charge in [0.2, 0.25) is 0 Å². The Labute approximate surface area is 156 Å². The Kier molecular flexibility index (Phi) is 5.41. The van der Waals surface area contributed by atoms with Crippen LogP contribution in [-0.2, 0) is 4.74 Å². The van der Waals surface area contributed by atoms with E-state index >= 15 is 0 Å². The van der Waals surface area contributed by atoms with Crippen molar-refractivity contribution in [2.45, 2.75) is 45.1 Å². The third-order valence-electron chi connectivity index (χ3n) is 3.97. The van der Waals surface area contributed by atoms with Crippen LogP contribution in [0.25, 0.3) is 0 Å². The molecule has 0 spiro atoms. The third-order valence-corrected chi connectivity index (χ3v) is 4.75. The van der Waals surface area contributed by atoms with E-state index < -0.39 is 5.60 Å². The number of pyridine rings is 1. The highest BCUT2D eigenvalue weighted by molar-refractivity contribution is 7.13. The Morgan fingerprint density at radius 1 is 1.46 bits per heavy atom. The minimum atomic E-state index is -0.500. The van der Waals surface area contributed by atoms with Crippen LogP contribution in [0.1, 0.15) is 45.2 Å². The number of nitrogens with one attached hydrogen (secondary N) is 1. The average molecular weight is 378 g/mol. The molecule has 1 amide bonds. The minimum absolute atomic E-state index is 0.170. The number of hydrogen-bond donors (Lipinski definition) is 1. The van der Waals surface area contributed by atoms with Gasteiger partial charge in [0.15, 0.2) is 5.13 Å². The second-order valence-electron chi connectivity index (χ2n) is 7.33. The summed E-state index contributed by atoms with van der Waals surface area (Å²) in [5.74, 6) is 0.244. The normalized spacial score (nSPS) is 17.8. The van der Waals surface area contributed by atoms with Crippen LogP contribution in [0, 0.1) is 5.82 Å². The maximum atomic E-state index is 13.3.